The zero-order valence-corrected chi connectivity index (χ0v) is 10.6. The molecule has 1 atom stereocenters. The third-order valence-electron chi connectivity index (χ3n) is 2.73. The van der Waals surface area contributed by atoms with Gasteiger partial charge in [-0.25, -0.2) is 8.42 Å². The van der Waals surface area contributed by atoms with E-state index in [0.717, 1.165) is 6.42 Å². The van der Waals surface area contributed by atoms with E-state index in [4.69, 9.17) is 0 Å². The summed E-state index contributed by atoms with van der Waals surface area (Å²) in [6.45, 7) is 0.109. The van der Waals surface area contributed by atoms with Gasteiger partial charge in [-0.05, 0) is 12.8 Å². The molecule has 1 heterocycles. The van der Waals surface area contributed by atoms with Crippen LogP contribution in [0.5, 0.6) is 0 Å². The van der Waals surface area contributed by atoms with E-state index in [9.17, 15) is 18.0 Å². The Labute approximate surface area is 101 Å². The lowest BCUT2D eigenvalue weighted by Crippen LogP contribution is -2.43. The van der Waals surface area contributed by atoms with Crippen molar-refractivity contribution in [3.8, 4) is 0 Å². The Morgan fingerprint density at radius 3 is 2.65 bits per heavy atom. The molecule has 1 N–H and O–H groups in total. The number of nitrogens with one attached hydrogen (secondary N) is 1. The van der Waals surface area contributed by atoms with Gasteiger partial charge in [0, 0.05) is 6.54 Å². The molecule has 1 saturated heterocycles. The SMILES string of the molecule is COC(=O)CCNC(=O)C1CCCCS1(=O)=O. The summed E-state index contributed by atoms with van der Waals surface area (Å²) in [5.74, 6) is -0.868. The summed E-state index contributed by atoms with van der Waals surface area (Å²) in [6, 6.07) is 0. The predicted octanol–water partition coefficient (Wildman–Crippen LogP) is -0.367. The Kier molecular flexibility index (Phi) is 4.92. The number of amides is 1. The van der Waals surface area contributed by atoms with Gasteiger partial charge in [0.2, 0.25) is 5.91 Å². The summed E-state index contributed by atoms with van der Waals surface area (Å²) in [5.41, 5.74) is 0. The first kappa shape index (κ1) is 14.0. The molecule has 1 aliphatic rings. The minimum absolute atomic E-state index is 0.0506. The van der Waals surface area contributed by atoms with E-state index in [1.165, 1.54) is 7.11 Å². The Hall–Kier alpha value is -1.11. The summed E-state index contributed by atoms with van der Waals surface area (Å²) in [5, 5.41) is 1.50. The Bertz CT molecular complexity index is 390. The smallest absolute Gasteiger partial charge is 0.307 e. The summed E-state index contributed by atoms with van der Waals surface area (Å²) in [6.07, 6.45) is 1.78. The molecule has 0 saturated carbocycles. The van der Waals surface area contributed by atoms with Crippen molar-refractivity contribution in [2.75, 3.05) is 19.4 Å². The van der Waals surface area contributed by atoms with Crippen LogP contribution < -0.4 is 5.32 Å². The molecule has 0 aromatic carbocycles. The van der Waals surface area contributed by atoms with Crippen LogP contribution in [0.2, 0.25) is 0 Å². The second-order valence-corrected chi connectivity index (χ2v) is 6.27. The normalized spacial score (nSPS) is 22.8. The fraction of sp³-hybridized carbons (Fsp3) is 0.800. The minimum atomic E-state index is -3.31. The molecule has 0 spiro atoms. The lowest BCUT2D eigenvalue weighted by atomic mass is 10.2. The molecule has 0 aromatic rings. The van der Waals surface area contributed by atoms with E-state index < -0.39 is 27.0 Å². The van der Waals surface area contributed by atoms with Crippen LogP contribution in [0.15, 0.2) is 0 Å². The lowest BCUT2D eigenvalue weighted by Gasteiger charge is -2.21. The number of sulfone groups is 1. The molecular weight excluding hydrogens is 246 g/mol. The molecule has 1 aliphatic heterocycles. The number of carbonyl (C=O) groups is 2. The van der Waals surface area contributed by atoms with Gasteiger partial charge in [-0.1, -0.05) is 6.42 Å². The second kappa shape index (κ2) is 6.00. The van der Waals surface area contributed by atoms with Crippen LogP contribution in [-0.4, -0.2) is 45.0 Å². The van der Waals surface area contributed by atoms with Crippen molar-refractivity contribution in [1.29, 1.82) is 0 Å². The van der Waals surface area contributed by atoms with Gasteiger partial charge in [-0.3, -0.25) is 9.59 Å². The maximum Gasteiger partial charge on any atom is 0.307 e. The van der Waals surface area contributed by atoms with E-state index in [2.05, 4.69) is 10.1 Å². The van der Waals surface area contributed by atoms with E-state index in [0.29, 0.717) is 12.8 Å². The van der Waals surface area contributed by atoms with Gasteiger partial charge >= 0.3 is 5.97 Å². The van der Waals surface area contributed by atoms with Gasteiger partial charge in [0.05, 0.1) is 19.3 Å². The minimum Gasteiger partial charge on any atom is -0.469 e. The summed E-state index contributed by atoms with van der Waals surface area (Å²) >= 11 is 0. The Morgan fingerprint density at radius 2 is 2.06 bits per heavy atom. The fourth-order valence-corrected chi connectivity index (χ4v) is 3.58. The van der Waals surface area contributed by atoms with Crippen LogP contribution in [-0.2, 0) is 24.2 Å². The number of ether oxygens (including phenoxy) is 1. The molecule has 1 fully saturated rings. The van der Waals surface area contributed by atoms with Crippen molar-refractivity contribution in [2.24, 2.45) is 0 Å². The van der Waals surface area contributed by atoms with Crippen molar-refractivity contribution in [2.45, 2.75) is 30.9 Å². The van der Waals surface area contributed by atoms with Crippen molar-refractivity contribution >= 4 is 21.7 Å². The Balaban J connectivity index is 2.44. The van der Waals surface area contributed by atoms with Gasteiger partial charge in [0.15, 0.2) is 9.84 Å². The average Bonchev–Trinajstić information content (AvgIpc) is 2.27. The van der Waals surface area contributed by atoms with Gasteiger partial charge in [0.25, 0.3) is 0 Å². The maximum absolute atomic E-state index is 11.6. The lowest BCUT2D eigenvalue weighted by molar-refractivity contribution is -0.140. The standard InChI is InChI=1S/C10H17NO5S/c1-16-9(12)5-6-11-10(13)8-4-2-3-7-17(8,14)15/h8H,2-7H2,1H3,(H,11,13). The molecule has 0 bridgehead atoms. The molecule has 0 aliphatic carbocycles. The van der Waals surface area contributed by atoms with Crippen LogP contribution in [0.3, 0.4) is 0 Å². The highest BCUT2D eigenvalue weighted by Crippen LogP contribution is 2.19. The van der Waals surface area contributed by atoms with Crippen LogP contribution in [0.4, 0.5) is 0 Å². The molecule has 1 amide bonds. The molecular formula is C10H17NO5S. The Morgan fingerprint density at radius 1 is 1.35 bits per heavy atom. The summed E-state index contributed by atoms with van der Waals surface area (Å²) in [4.78, 5) is 22.4. The zero-order chi connectivity index (χ0) is 12.9. The van der Waals surface area contributed by atoms with Gasteiger partial charge < -0.3 is 10.1 Å². The molecule has 98 valence electrons. The average molecular weight is 263 g/mol. The highest BCUT2D eigenvalue weighted by atomic mass is 32.2. The zero-order valence-electron chi connectivity index (χ0n) is 9.77. The first-order valence-electron chi connectivity index (χ1n) is 5.53. The first-order valence-corrected chi connectivity index (χ1v) is 7.25. The molecule has 0 radical (unpaired) electrons. The third kappa shape index (κ3) is 3.99. The van der Waals surface area contributed by atoms with Crippen molar-refractivity contribution in [3.05, 3.63) is 0 Å². The van der Waals surface area contributed by atoms with E-state index in [1.54, 1.807) is 0 Å². The largest absolute Gasteiger partial charge is 0.469 e. The van der Waals surface area contributed by atoms with Crippen molar-refractivity contribution < 1.29 is 22.7 Å². The molecule has 17 heavy (non-hydrogen) atoms. The number of carbonyl (C=O) groups excluding carboxylic acids is 2. The number of esters is 1. The molecule has 0 aromatic heterocycles. The van der Waals surface area contributed by atoms with Crippen LogP contribution in [0.25, 0.3) is 0 Å². The highest BCUT2D eigenvalue weighted by Gasteiger charge is 2.34. The molecule has 6 nitrogen and oxygen atoms in total. The van der Waals surface area contributed by atoms with Crippen molar-refractivity contribution in [3.63, 3.8) is 0 Å². The highest BCUT2D eigenvalue weighted by molar-refractivity contribution is 7.92. The van der Waals surface area contributed by atoms with E-state index in [-0.39, 0.29) is 18.7 Å². The third-order valence-corrected chi connectivity index (χ3v) is 4.90. The predicted molar refractivity (Wildman–Crippen MR) is 61.1 cm³/mol. The molecule has 1 unspecified atom stereocenters. The van der Waals surface area contributed by atoms with Crippen molar-refractivity contribution in [1.82, 2.24) is 5.32 Å². The maximum atomic E-state index is 11.6. The number of rotatable bonds is 4. The second-order valence-electron chi connectivity index (χ2n) is 3.97. The molecule has 1 rings (SSSR count). The number of hydrogen-bond donors (Lipinski definition) is 1. The van der Waals surface area contributed by atoms with Crippen LogP contribution >= 0.6 is 0 Å². The molecule has 7 heteroatoms. The summed E-state index contributed by atoms with van der Waals surface area (Å²) in [7, 11) is -2.05. The van der Waals surface area contributed by atoms with Gasteiger partial charge in [-0.2, -0.15) is 0 Å². The monoisotopic (exact) mass is 263 g/mol. The van der Waals surface area contributed by atoms with E-state index in [1.807, 2.05) is 0 Å². The topological polar surface area (TPSA) is 89.5 Å². The number of methoxy groups -OCH3 is 1. The van der Waals surface area contributed by atoms with Crippen LogP contribution in [0, 0.1) is 0 Å². The van der Waals surface area contributed by atoms with E-state index >= 15 is 0 Å². The quantitative estimate of drug-likeness (QED) is 0.699. The summed E-state index contributed by atoms with van der Waals surface area (Å²) < 4.78 is 27.7. The first-order chi connectivity index (χ1) is 7.97. The number of hydrogen-bond acceptors (Lipinski definition) is 5. The fourth-order valence-electron chi connectivity index (χ4n) is 1.75. The van der Waals surface area contributed by atoms with Gasteiger partial charge in [-0.15, -0.1) is 0 Å². The van der Waals surface area contributed by atoms with Crippen LogP contribution in [0.1, 0.15) is 25.7 Å². The van der Waals surface area contributed by atoms with Gasteiger partial charge in [0.1, 0.15) is 5.25 Å².